The second-order valence-electron chi connectivity index (χ2n) is 11.5. The molecule has 0 saturated carbocycles. The van der Waals surface area contributed by atoms with Gasteiger partial charge in [0.05, 0.1) is 34.4 Å². The maximum atomic E-state index is 12.1. The van der Waals surface area contributed by atoms with E-state index in [0.717, 1.165) is 12.8 Å². The van der Waals surface area contributed by atoms with Gasteiger partial charge < -0.3 is 32.4 Å². The predicted octanol–water partition coefficient (Wildman–Crippen LogP) is 6.91. The number of ether oxygens (including phenoxy) is 2. The summed E-state index contributed by atoms with van der Waals surface area (Å²) < 4.78 is 38.9. The zero-order valence-corrected chi connectivity index (χ0v) is 26.2. The summed E-state index contributed by atoms with van der Waals surface area (Å²) in [6.07, 6.45) is 21.9. The number of rotatable bonds is 28. The molecule has 0 aliphatic rings. The summed E-state index contributed by atoms with van der Waals surface area (Å²) in [7, 11) is 1.43. The molecule has 0 bridgehead atoms. The quantitative estimate of drug-likeness (QED) is 0.0602. The van der Waals surface area contributed by atoms with E-state index in [0.29, 0.717) is 17.6 Å². The van der Waals surface area contributed by atoms with Crippen molar-refractivity contribution in [3.05, 3.63) is 12.3 Å². The largest absolute Gasteiger partial charge is 0.756 e. The number of hydrogen-bond donors (Lipinski definition) is 0. The van der Waals surface area contributed by atoms with Gasteiger partial charge in [0.15, 0.2) is 0 Å². The van der Waals surface area contributed by atoms with Crippen LogP contribution in [0.25, 0.3) is 0 Å². The number of unbranched alkanes of at least 4 members (excludes halogenated alkanes) is 15. The third kappa shape index (κ3) is 23.4. The summed E-state index contributed by atoms with van der Waals surface area (Å²) in [5, 5.41) is 3.72. The average Bonchev–Trinajstić information content (AvgIpc) is 3.38. The lowest BCUT2D eigenvalue weighted by atomic mass is 10.0. The van der Waals surface area contributed by atoms with E-state index >= 15 is 0 Å². The topological polar surface area (TPSA) is 103 Å². The van der Waals surface area contributed by atoms with Crippen LogP contribution in [-0.2, 0) is 18.3 Å². The van der Waals surface area contributed by atoms with Crippen molar-refractivity contribution in [2.75, 3.05) is 54.1 Å². The second-order valence-corrected chi connectivity index (χ2v) is 13.0. The third-order valence-electron chi connectivity index (χ3n) is 6.58. The fourth-order valence-corrected chi connectivity index (χ4v) is 4.88. The van der Waals surface area contributed by atoms with E-state index in [9.17, 15) is 9.46 Å². The highest BCUT2D eigenvalue weighted by molar-refractivity contribution is 7.45. The molecule has 10 heteroatoms. The second kappa shape index (κ2) is 22.7. The highest BCUT2D eigenvalue weighted by Crippen LogP contribution is 2.38. The van der Waals surface area contributed by atoms with Crippen molar-refractivity contribution in [1.82, 2.24) is 5.16 Å². The highest BCUT2D eigenvalue weighted by atomic mass is 31.2. The van der Waals surface area contributed by atoms with Crippen molar-refractivity contribution in [3.63, 3.8) is 0 Å². The fraction of sp³-hybridized carbons (Fsp3) is 0.897. The van der Waals surface area contributed by atoms with Gasteiger partial charge in [-0.3, -0.25) is 4.57 Å². The molecule has 0 saturated heterocycles. The minimum absolute atomic E-state index is 0.0504. The molecule has 39 heavy (non-hydrogen) atoms. The maximum Gasteiger partial charge on any atom is 0.268 e. The average molecular weight is 577 g/mol. The van der Waals surface area contributed by atoms with Crippen LogP contribution >= 0.6 is 7.82 Å². The molecule has 1 aromatic rings. The van der Waals surface area contributed by atoms with Crippen molar-refractivity contribution < 1.29 is 37.0 Å². The van der Waals surface area contributed by atoms with Gasteiger partial charge in [-0.15, -0.1) is 0 Å². The molecule has 0 aliphatic carbocycles. The Bertz CT molecular complexity index is 713. The molecular weight excluding hydrogens is 519 g/mol. The first-order chi connectivity index (χ1) is 18.7. The Morgan fingerprint density at radius 3 is 1.85 bits per heavy atom. The number of hydrogen-bond acceptors (Lipinski definition) is 8. The molecule has 1 rings (SSSR count). The monoisotopic (exact) mass is 576 g/mol. The van der Waals surface area contributed by atoms with E-state index < -0.39 is 13.9 Å². The molecule has 0 N–H and O–H groups in total. The number of aromatic nitrogens is 1. The number of phosphoric ester groups is 1. The molecule has 0 aliphatic heterocycles. The van der Waals surface area contributed by atoms with Gasteiger partial charge in [-0.05, 0) is 11.6 Å². The van der Waals surface area contributed by atoms with Crippen molar-refractivity contribution in [3.8, 4) is 5.88 Å². The molecular formula is C29H57N2O7P. The Balaban J connectivity index is 2.07. The minimum Gasteiger partial charge on any atom is -0.756 e. The Morgan fingerprint density at radius 1 is 0.821 bits per heavy atom. The normalized spacial score (nSPS) is 14.4. The summed E-state index contributed by atoms with van der Waals surface area (Å²) in [5.74, 6) is 0.251. The van der Waals surface area contributed by atoms with Gasteiger partial charge >= 0.3 is 0 Å². The first kappa shape index (κ1) is 36.1. The van der Waals surface area contributed by atoms with Crippen LogP contribution in [0, 0.1) is 0 Å². The van der Waals surface area contributed by atoms with Crippen LogP contribution in [0.1, 0.15) is 110 Å². The Labute approximate surface area is 238 Å². The van der Waals surface area contributed by atoms with Crippen LogP contribution in [0.15, 0.2) is 16.9 Å². The standard InChI is InChI=1S/C29H57N2O7P/c1-5-6-7-8-9-10-11-12-13-14-15-16-17-18-19-20-23-34-26-28(38-29-21-24-35-30-29)27-37-39(32,33)36-25-22-31(2,3)4/h21,24,28H,5-20,22-23,25-27H2,1-4H3. The van der Waals surface area contributed by atoms with Gasteiger partial charge in [0.25, 0.3) is 13.7 Å². The molecule has 1 aromatic heterocycles. The van der Waals surface area contributed by atoms with Gasteiger partial charge in [0.2, 0.25) is 0 Å². The van der Waals surface area contributed by atoms with Crippen molar-refractivity contribution in [2.24, 2.45) is 0 Å². The number of nitrogens with zero attached hydrogens (tertiary/aromatic N) is 2. The molecule has 9 nitrogen and oxygen atoms in total. The Morgan fingerprint density at radius 2 is 1.36 bits per heavy atom. The van der Waals surface area contributed by atoms with Crippen LogP contribution in [0.4, 0.5) is 0 Å². The van der Waals surface area contributed by atoms with Gasteiger partial charge in [-0.2, -0.15) is 0 Å². The molecule has 2 unspecified atom stereocenters. The van der Waals surface area contributed by atoms with E-state index in [1.165, 1.54) is 96.2 Å². The van der Waals surface area contributed by atoms with Gasteiger partial charge in [-0.1, -0.05) is 103 Å². The maximum absolute atomic E-state index is 12.1. The Kier molecular flexibility index (Phi) is 21.0. The molecule has 0 spiro atoms. The number of likely N-dealkylation sites (N-methyl/N-ethyl adjacent to an activating group) is 1. The summed E-state index contributed by atoms with van der Waals surface area (Å²) in [4.78, 5) is 12.1. The lowest BCUT2D eigenvalue weighted by Gasteiger charge is -2.28. The van der Waals surface area contributed by atoms with Gasteiger partial charge in [0, 0.05) is 12.7 Å². The van der Waals surface area contributed by atoms with Crippen LogP contribution < -0.4 is 9.63 Å². The van der Waals surface area contributed by atoms with E-state index in [1.54, 1.807) is 6.07 Å². The molecule has 0 amide bonds. The van der Waals surface area contributed by atoms with Gasteiger partial charge in [0.1, 0.15) is 25.5 Å². The predicted molar refractivity (Wildman–Crippen MR) is 154 cm³/mol. The summed E-state index contributed by atoms with van der Waals surface area (Å²) in [6.45, 7) is 3.41. The molecule has 2 atom stereocenters. The van der Waals surface area contributed by atoms with Crippen LogP contribution in [-0.4, -0.2) is 69.9 Å². The van der Waals surface area contributed by atoms with Crippen LogP contribution in [0.3, 0.4) is 0 Å². The van der Waals surface area contributed by atoms with Crippen LogP contribution in [0.2, 0.25) is 0 Å². The van der Waals surface area contributed by atoms with Crippen molar-refractivity contribution in [1.29, 1.82) is 0 Å². The van der Waals surface area contributed by atoms with Crippen molar-refractivity contribution in [2.45, 2.75) is 116 Å². The van der Waals surface area contributed by atoms with E-state index in [4.69, 9.17) is 23.0 Å². The van der Waals surface area contributed by atoms with E-state index in [1.807, 2.05) is 21.1 Å². The molecule has 0 fully saturated rings. The van der Waals surface area contributed by atoms with E-state index in [-0.39, 0.29) is 25.7 Å². The first-order valence-corrected chi connectivity index (χ1v) is 16.7. The fourth-order valence-electron chi connectivity index (χ4n) is 4.15. The summed E-state index contributed by atoms with van der Waals surface area (Å²) >= 11 is 0. The molecule has 1 heterocycles. The zero-order chi connectivity index (χ0) is 28.7. The van der Waals surface area contributed by atoms with Gasteiger partial charge in [-0.25, -0.2) is 0 Å². The van der Waals surface area contributed by atoms with Crippen LogP contribution in [0.5, 0.6) is 5.88 Å². The minimum atomic E-state index is -4.44. The van der Waals surface area contributed by atoms with E-state index in [2.05, 4.69) is 12.1 Å². The lowest BCUT2D eigenvalue weighted by Crippen LogP contribution is -2.37. The Hall–Kier alpha value is -0.960. The summed E-state index contributed by atoms with van der Waals surface area (Å²) in [6, 6.07) is 1.55. The smallest absolute Gasteiger partial charge is 0.268 e. The van der Waals surface area contributed by atoms with Crippen molar-refractivity contribution >= 4 is 7.82 Å². The molecule has 0 aromatic carbocycles. The SMILES string of the molecule is CCCCCCCCCCCCCCCCCCOCC(COP(=O)([O-])OCC[N+](C)(C)C)Oc1ccon1. The molecule has 0 radical (unpaired) electrons. The first-order valence-electron chi connectivity index (χ1n) is 15.3. The summed E-state index contributed by atoms with van der Waals surface area (Å²) in [5.41, 5.74) is 0. The number of phosphoric acid groups is 1. The zero-order valence-electron chi connectivity index (χ0n) is 25.3. The highest BCUT2D eigenvalue weighted by Gasteiger charge is 2.19. The molecule has 230 valence electrons. The third-order valence-corrected chi connectivity index (χ3v) is 7.54. The lowest BCUT2D eigenvalue weighted by molar-refractivity contribution is -0.870. The number of quaternary nitrogens is 1.